The predicted octanol–water partition coefficient (Wildman–Crippen LogP) is 4.04. The van der Waals surface area contributed by atoms with Gasteiger partial charge in [-0.1, -0.05) is 55.0 Å². The van der Waals surface area contributed by atoms with Crippen molar-refractivity contribution in [3.05, 3.63) is 100 Å². The maximum absolute atomic E-state index is 13.8. The minimum Gasteiger partial charge on any atom is -0.354 e. The number of nitro groups is 1. The molecule has 1 atom stereocenters. The van der Waals surface area contributed by atoms with Crippen molar-refractivity contribution in [2.24, 2.45) is 0 Å². The van der Waals surface area contributed by atoms with Crippen LogP contribution in [0, 0.1) is 17.0 Å². The lowest BCUT2D eigenvalue weighted by Crippen LogP contribution is -2.51. The van der Waals surface area contributed by atoms with E-state index in [0.717, 1.165) is 15.4 Å². The van der Waals surface area contributed by atoms with Crippen LogP contribution in [0.1, 0.15) is 31.4 Å². The Morgan fingerprint density at radius 3 is 2.15 bits per heavy atom. The van der Waals surface area contributed by atoms with Gasteiger partial charge in [0.25, 0.3) is 15.7 Å². The molecule has 2 amide bonds. The Bertz CT molecular complexity index is 1390. The lowest BCUT2D eigenvalue weighted by molar-refractivity contribution is -0.384. The van der Waals surface area contributed by atoms with Crippen molar-refractivity contribution in [1.29, 1.82) is 0 Å². The normalized spacial score (nSPS) is 11.9. The van der Waals surface area contributed by atoms with Crippen LogP contribution in [0.15, 0.2) is 83.8 Å². The number of amides is 2. The summed E-state index contributed by atoms with van der Waals surface area (Å²) in [5.41, 5.74) is 1.67. The summed E-state index contributed by atoms with van der Waals surface area (Å²) in [5.74, 6) is -0.960. The molecule has 206 valence electrons. The zero-order chi connectivity index (χ0) is 28.6. The summed E-state index contributed by atoms with van der Waals surface area (Å²) >= 11 is 0. The molecule has 0 aliphatic rings. The topological polar surface area (TPSA) is 130 Å². The number of benzene rings is 3. The second-order valence-electron chi connectivity index (χ2n) is 9.07. The van der Waals surface area contributed by atoms with E-state index >= 15 is 0 Å². The number of nitrogens with zero attached hydrogens (tertiary/aromatic N) is 3. The number of rotatable bonds is 12. The number of nitro benzene ring substituents is 1. The van der Waals surface area contributed by atoms with Gasteiger partial charge in [0.15, 0.2) is 0 Å². The Morgan fingerprint density at radius 1 is 0.974 bits per heavy atom. The van der Waals surface area contributed by atoms with Crippen molar-refractivity contribution in [1.82, 2.24) is 10.2 Å². The van der Waals surface area contributed by atoms with E-state index in [4.69, 9.17) is 0 Å². The van der Waals surface area contributed by atoms with Gasteiger partial charge >= 0.3 is 0 Å². The van der Waals surface area contributed by atoms with Crippen molar-refractivity contribution in [2.75, 3.05) is 17.4 Å². The van der Waals surface area contributed by atoms with Gasteiger partial charge in [-0.25, -0.2) is 8.42 Å². The smallest absolute Gasteiger partial charge is 0.269 e. The highest BCUT2D eigenvalue weighted by molar-refractivity contribution is 7.92. The van der Waals surface area contributed by atoms with Crippen LogP contribution in [-0.4, -0.2) is 49.2 Å². The van der Waals surface area contributed by atoms with Crippen LogP contribution in [0.3, 0.4) is 0 Å². The molecule has 0 aliphatic carbocycles. The average Bonchev–Trinajstić information content (AvgIpc) is 2.94. The predicted molar refractivity (Wildman–Crippen MR) is 149 cm³/mol. The fraction of sp³-hybridized carbons (Fsp3) is 0.286. The summed E-state index contributed by atoms with van der Waals surface area (Å²) < 4.78 is 28.3. The number of aryl methyl sites for hydroxylation is 1. The Kier molecular flexibility index (Phi) is 9.78. The third-order valence-corrected chi connectivity index (χ3v) is 7.94. The summed E-state index contributed by atoms with van der Waals surface area (Å²) in [6, 6.07) is 19.1. The molecule has 3 aromatic carbocycles. The van der Waals surface area contributed by atoms with Crippen molar-refractivity contribution >= 4 is 33.2 Å². The molecule has 0 unspecified atom stereocenters. The molecule has 3 rings (SSSR count). The summed E-state index contributed by atoms with van der Waals surface area (Å²) in [4.78, 5) is 38.5. The average molecular weight is 553 g/mol. The highest BCUT2D eigenvalue weighted by Gasteiger charge is 2.32. The highest BCUT2D eigenvalue weighted by Crippen LogP contribution is 2.26. The molecule has 1 N–H and O–H groups in total. The van der Waals surface area contributed by atoms with E-state index in [-0.39, 0.29) is 28.7 Å². The van der Waals surface area contributed by atoms with Crippen LogP contribution < -0.4 is 9.62 Å². The molecule has 0 spiro atoms. The van der Waals surface area contributed by atoms with Crippen molar-refractivity contribution in [3.63, 3.8) is 0 Å². The first-order chi connectivity index (χ1) is 18.5. The second kappa shape index (κ2) is 13.0. The molecule has 0 aliphatic heterocycles. The summed E-state index contributed by atoms with van der Waals surface area (Å²) in [6.07, 6.45) is 0.716. The number of sulfonamides is 1. The van der Waals surface area contributed by atoms with Gasteiger partial charge in [0.1, 0.15) is 12.6 Å². The van der Waals surface area contributed by atoms with E-state index in [1.54, 1.807) is 25.1 Å². The molecular formula is C28H32N4O6S. The van der Waals surface area contributed by atoms with Gasteiger partial charge in [0, 0.05) is 25.2 Å². The second-order valence-corrected chi connectivity index (χ2v) is 10.9. The maximum Gasteiger partial charge on any atom is 0.269 e. The van der Waals surface area contributed by atoms with Crippen molar-refractivity contribution < 1.29 is 22.9 Å². The maximum atomic E-state index is 13.8. The fourth-order valence-electron chi connectivity index (χ4n) is 3.86. The molecule has 0 fully saturated rings. The molecule has 0 radical (unpaired) electrons. The van der Waals surface area contributed by atoms with Crippen LogP contribution in [0.4, 0.5) is 11.4 Å². The number of hydrogen-bond acceptors (Lipinski definition) is 6. The van der Waals surface area contributed by atoms with Gasteiger partial charge in [-0.05, 0) is 50.1 Å². The number of carbonyl (C=O) groups is 2. The van der Waals surface area contributed by atoms with Gasteiger partial charge in [-0.3, -0.25) is 24.0 Å². The van der Waals surface area contributed by atoms with Gasteiger partial charge in [-0.2, -0.15) is 0 Å². The number of non-ortho nitro benzene ring substituents is 1. The zero-order valence-electron chi connectivity index (χ0n) is 22.1. The molecule has 0 aromatic heterocycles. The minimum absolute atomic E-state index is 0.0463. The number of carbonyl (C=O) groups excluding carboxylic acids is 2. The minimum atomic E-state index is -4.24. The number of hydrogen-bond donors (Lipinski definition) is 1. The van der Waals surface area contributed by atoms with E-state index in [1.807, 2.05) is 38.1 Å². The summed E-state index contributed by atoms with van der Waals surface area (Å²) in [6.45, 7) is 5.35. The van der Waals surface area contributed by atoms with Crippen molar-refractivity contribution in [2.45, 2.75) is 44.7 Å². The largest absolute Gasteiger partial charge is 0.354 e. The van der Waals surface area contributed by atoms with E-state index in [2.05, 4.69) is 5.32 Å². The molecule has 0 bridgehead atoms. The lowest BCUT2D eigenvalue weighted by Gasteiger charge is -2.32. The first kappa shape index (κ1) is 29.3. The van der Waals surface area contributed by atoms with Gasteiger partial charge in [0.2, 0.25) is 11.8 Å². The van der Waals surface area contributed by atoms with Gasteiger partial charge in [0.05, 0.1) is 15.5 Å². The lowest BCUT2D eigenvalue weighted by atomic mass is 10.1. The molecule has 11 heteroatoms. The van der Waals surface area contributed by atoms with E-state index in [0.29, 0.717) is 13.0 Å². The molecule has 0 heterocycles. The SMILES string of the molecule is CCCNC(=O)[C@@H](C)N(Cc1ccc(C)cc1)C(=O)CN(c1ccc([N+](=O)[O-])cc1)S(=O)(=O)c1ccccc1. The number of anilines is 1. The quantitative estimate of drug-likeness (QED) is 0.267. The van der Waals surface area contributed by atoms with Crippen LogP contribution >= 0.6 is 0 Å². The molecular weight excluding hydrogens is 520 g/mol. The first-order valence-corrected chi connectivity index (χ1v) is 13.9. The Morgan fingerprint density at radius 2 is 1.59 bits per heavy atom. The van der Waals surface area contributed by atoms with Gasteiger partial charge < -0.3 is 10.2 Å². The zero-order valence-corrected chi connectivity index (χ0v) is 22.9. The Hall–Kier alpha value is -4.25. The van der Waals surface area contributed by atoms with Crippen LogP contribution in [0.2, 0.25) is 0 Å². The Balaban J connectivity index is 2.02. The first-order valence-electron chi connectivity index (χ1n) is 12.5. The van der Waals surface area contributed by atoms with E-state index in [9.17, 15) is 28.1 Å². The van der Waals surface area contributed by atoms with E-state index in [1.165, 1.54) is 41.3 Å². The van der Waals surface area contributed by atoms with E-state index < -0.39 is 33.4 Å². The molecule has 10 nitrogen and oxygen atoms in total. The Labute approximate surface area is 228 Å². The monoisotopic (exact) mass is 552 g/mol. The number of nitrogens with one attached hydrogen (secondary N) is 1. The molecule has 39 heavy (non-hydrogen) atoms. The standard InChI is InChI=1S/C28H32N4O6S/c1-4-18-29-28(34)22(3)30(19-23-12-10-21(2)11-13-23)27(33)20-31(24-14-16-25(17-15-24)32(35)36)39(37,38)26-8-6-5-7-9-26/h5-17,22H,4,18-20H2,1-3H3,(H,29,34)/t22-/m1/s1. The fourth-order valence-corrected chi connectivity index (χ4v) is 5.29. The van der Waals surface area contributed by atoms with Crippen LogP contribution in [0.5, 0.6) is 0 Å². The third kappa shape index (κ3) is 7.41. The van der Waals surface area contributed by atoms with Crippen LogP contribution in [0.25, 0.3) is 0 Å². The summed E-state index contributed by atoms with van der Waals surface area (Å²) in [7, 11) is -4.24. The molecule has 0 saturated carbocycles. The third-order valence-electron chi connectivity index (χ3n) is 6.15. The van der Waals surface area contributed by atoms with Gasteiger partial charge in [-0.15, -0.1) is 0 Å². The molecule has 0 saturated heterocycles. The highest BCUT2D eigenvalue weighted by atomic mass is 32.2. The van der Waals surface area contributed by atoms with Crippen molar-refractivity contribution in [3.8, 4) is 0 Å². The van der Waals surface area contributed by atoms with Crippen LogP contribution in [-0.2, 0) is 26.2 Å². The molecule has 3 aromatic rings. The summed E-state index contributed by atoms with van der Waals surface area (Å²) in [5, 5.41) is 13.9.